The summed E-state index contributed by atoms with van der Waals surface area (Å²) in [6.07, 6.45) is 0. The molecule has 6 nitrogen and oxygen atoms in total. The van der Waals surface area contributed by atoms with Gasteiger partial charge in [0.15, 0.2) is 0 Å². The Morgan fingerprint density at radius 3 is 2.33 bits per heavy atom. The molecule has 1 aromatic carbocycles. The third kappa shape index (κ3) is 5.39. The van der Waals surface area contributed by atoms with Crippen LogP contribution in [-0.2, 0) is 27.9 Å². The van der Waals surface area contributed by atoms with E-state index >= 15 is 0 Å². The van der Waals surface area contributed by atoms with Crippen molar-refractivity contribution in [1.29, 1.82) is 0 Å². The lowest BCUT2D eigenvalue weighted by molar-refractivity contribution is -0.119. The molecule has 1 aliphatic heterocycles. The molecular formula is C18H22BrN3O3S2. The molecule has 0 unspecified atom stereocenters. The number of carbonyl (C=O) groups excluding carboxylic acids is 1. The van der Waals surface area contributed by atoms with E-state index in [1.165, 1.54) is 11.8 Å². The van der Waals surface area contributed by atoms with Crippen molar-refractivity contribution in [2.24, 2.45) is 0 Å². The molecule has 1 amide bonds. The number of nitrogens with zero attached hydrogens (tertiary/aromatic N) is 2. The van der Waals surface area contributed by atoms with E-state index in [0.29, 0.717) is 24.5 Å². The lowest BCUT2D eigenvalue weighted by atomic mass is 10.2. The van der Waals surface area contributed by atoms with Crippen molar-refractivity contribution < 1.29 is 13.2 Å². The number of halogens is 1. The second kappa shape index (κ2) is 8.83. The number of nitrogens with one attached hydrogen (secondary N) is 1. The van der Waals surface area contributed by atoms with Crippen LogP contribution in [0.1, 0.15) is 17.4 Å². The Kier molecular flexibility index (Phi) is 6.69. The highest BCUT2D eigenvalue weighted by Crippen LogP contribution is 2.24. The number of hydrogen-bond donors (Lipinski definition) is 1. The Hall–Kier alpha value is -1.26. The van der Waals surface area contributed by atoms with Crippen LogP contribution in [0, 0.1) is 0 Å². The number of hydrogen-bond acceptors (Lipinski definition) is 5. The topological polar surface area (TPSA) is 69.7 Å². The molecule has 27 heavy (non-hydrogen) atoms. The predicted octanol–water partition coefficient (Wildman–Crippen LogP) is 2.65. The van der Waals surface area contributed by atoms with Gasteiger partial charge in [0.2, 0.25) is 15.9 Å². The van der Waals surface area contributed by atoms with Gasteiger partial charge in [0.25, 0.3) is 0 Å². The van der Waals surface area contributed by atoms with Gasteiger partial charge in [-0.3, -0.25) is 9.69 Å². The second-order valence-corrected chi connectivity index (χ2v) is 10.9. The van der Waals surface area contributed by atoms with Crippen LogP contribution < -0.4 is 5.32 Å². The molecule has 1 N–H and O–H groups in total. The number of rotatable bonds is 6. The Morgan fingerprint density at radius 1 is 1.11 bits per heavy atom. The molecule has 0 spiro atoms. The van der Waals surface area contributed by atoms with Gasteiger partial charge < -0.3 is 5.32 Å². The second-order valence-electron chi connectivity index (χ2n) is 6.44. The molecule has 0 saturated carbocycles. The van der Waals surface area contributed by atoms with Crippen molar-refractivity contribution in [3.8, 4) is 0 Å². The lowest BCUT2D eigenvalue weighted by Gasteiger charge is -2.33. The van der Waals surface area contributed by atoms with E-state index in [2.05, 4.69) is 32.2 Å². The summed E-state index contributed by atoms with van der Waals surface area (Å²) >= 11 is 5.18. The first-order chi connectivity index (χ1) is 12.8. The van der Waals surface area contributed by atoms with Crippen molar-refractivity contribution in [3.05, 3.63) is 50.6 Å². The van der Waals surface area contributed by atoms with Crippen LogP contribution in [-0.4, -0.2) is 49.7 Å². The van der Waals surface area contributed by atoms with Gasteiger partial charge >= 0.3 is 0 Å². The highest BCUT2D eigenvalue weighted by Gasteiger charge is 2.28. The molecule has 0 radical (unpaired) electrons. The lowest BCUT2D eigenvalue weighted by Crippen LogP contribution is -2.48. The van der Waals surface area contributed by atoms with E-state index in [4.69, 9.17) is 0 Å². The Labute approximate surface area is 172 Å². The molecule has 1 aromatic heterocycles. The highest BCUT2D eigenvalue weighted by molar-refractivity contribution is 9.11. The summed E-state index contributed by atoms with van der Waals surface area (Å²) < 4.78 is 28.4. The van der Waals surface area contributed by atoms with E-state index in [1.54, 1.807) is 39.9 Å². The summed E-state index contributed by atoms with van der Waals surface area (Å²) in [5.41, 5.74) is 0.871. The molecular weight excluding hydrogens is 450 g/mol. The largest absolute Gasteiger partial charge is 0.352 e. The summed E-state index contributed by atoms with van der Waals surface area (Å²) in [5.74, 6) is -0.112. The molecule has 2 heterocycles. The summed E-state index contributed by atoms with van der Waals surface area (Å²) in [7, 11) is -3.49. The van der Waals surface area contributed by atoms with Gasteiger partial charge in [-0.1, -0.05) is 12.1 Å². The van der Waals surface area contributed by atoms with Crippen LogP contribution in [0.2, 0.25) is 0 Å². The standard InChI is InChI=1S/C18H22BrN3O3S2/c1-14(23)20-12-15-2-5-17(6-3-15)27(24,25)22-10-8-21(9-11-22)13-16-4-7-18(19)26-16/h2-7H,8-13H2,1H3,(H,20,23). The fourth-order valence-corrected chi connectivity index (χ4v) is 5.89. The maximum Gasteiger partial charge on any atom is 0.243 e. The van der Waals surface area contributed by atoms with Crippen molar-refractivity contribution in [3.63, 3.8) is 0 Å². The predicted molar refractivity (Wildman–Crippen MR) is 110 cm³/mol. The van der Waals surface area contributed by atoms with Gasteiger partial charge in [0.05, 0.1) is 8.68 Å². The monoisotopic (exact) mass is 471 g/mol. The number of thiophene rings is 1. The van der Waals surface area contributed by atoms with Crippen molar-refractivity contribution >= 4 is 43.2 Å². The zero-order chi connectivity index (χ0) is 19.4. The van der Waals surface area contributed by atoms with Gasteiger partial charge in [-0.05, 0) is 45.8 Å². The number of sulfonamides is 1. The zero-order valence-electron chi connectivity index (χ0n) is 15.0. The third-order valence-corrected chi connectivity index (χ3v) is 7.96. The van der Waals surface area contributed by atoms with Crippen molar-refractivity contribution in [2.75, 3.05) is 26.2 Å². The fourth-order valence-electron chi connectivity index (χ4n) is 2.94. The van der Waals surface area contributed by atoms with E-state index in [1.807, 2.05) is 6.07 Å². The van der Waals surface area contributed by atoms with Crippen molar-refractivity contribution in [1.82, 2.24) is 14.5 Å². The fraction of sp³-hybridized carbons (Fsp3) is 0.389. The Bertz CT molecular complexity index is 889. The molecule has 146 valence electrons. The van der Waals surface area contributed by atoms with Crippen LogP contribution >= 0.6 is 27.3 Å². The number of piperazine rings is 1. The van der Waals surface area contributed by atoms with E-state index in [9.17, 15) is 13.2 Å². The third-order valence-electron chi connectivity index (χ3n) is 4.44. The van der Waals surface area contributed by atoms with Gasteiger partial charge in [0, 0.05) is 51.1 Å². The summed E-state index contributed by atoms with van der Waals surface area (Å²) in [5, 5.41) is 2.70. The first-order valence-electron chi connectivity index (χ1n) is 8.65. The number of amides is 1. The summed E-state index contributed by atoms with van der Waals surface area (Å²) in [6, 6.07) is 10.8. The smallest absolute Gasteiger partial charge is 0.243 e. The van der Waals surface area contributed by atoms with Crippen LogP contribution in [0.3, 0.4) is 0 Å². The quantitative estimate of drug-likeness (QED) is 0.702. The molecule has 1 saturated heterocycles. The van der Waals surface area contributed by atoms with E-state index in [0.717, 1.165) is 29.0 Å². The van der Waals surface area contributed by atoms with Gasteiger partial charge in [-0.15, -0.1) is 11.3 Å². The molecule has 1 fully saturated rings. The molecule has 3 rings (SSSR count). The Balaban J connectivity index is 1.58. The maximum atomic E-state index is 12.9. The first-order valence-corrected chi connectivity index (χ1v) is 11.7. The average molecular weight is 472 g/mol. The SMILES string of the molecule is CC(=O)NCc1ccc(S(=O)(=O)N2CCN(Cc3ccc(Br)s3)CC2)cc1. The van der Waals surface area contributed by atoms with E-state index in [-0.39, 0.29) is 5.91 Å². The van der Waals surface area contributed by atoms with Crippen LogP contribution in [0.15, 0.2) is 45.1 Å². The first kappa shape index (κ1) is 20.5. The van der Waals surface area contributed by atoms with Gasteiger partial charge in [-0.25, -0.2) is 8.42 Å². The Morgan fingerprint density at radius 2 is 1.78 bits per heavy atom. The molecule has 2 aromatic rings. The number of carbonyl (C=O) groups is 1. The van der Waals surface area contributed by atoms with Crippen molar-refractivity contribution in [2.45, 2.75) is 24.9 Å². The van der Waals surface area contributed by atoms with Gasteiger partial charge in [-0.2, -0.15) is 4.31 Å². The van der Waals surface area contributed by atoms with Crippen LogP contribution in [0.25, 0.3) is 0 Å². The highest BCUT2D eigenvalue weighted by atomic mass is 79.9. The number of benzene rings is 1. The average Bonchev–Trinajstić information content (AvgIpc) is 3.05. The maximum absolute atomic E-state index is 12.9. The summed E-state index contributed by atoms with van der Waals surface area (Å²) in [6.45, 7) is 5.11. The minimum atomic E-state index is -3.49. The normalized spacial score (nSPS) is 16.4. The molecule has 0 aliphatic carbocycles. The molecule has 9 heteroatoms. The minimum absolute atomic E-state index is 0.112. The molecule has 0 atom stereocenters. The van der Waals surface area contributed by atoms with Crippen LogP contribution in [0.5, 0.6) is 0 Å². The summed E-state index contributed by atoms with van der Waals surface area (Å²) in [4.78, 5) is 14.8. The molecule has 1 aliphatic rings. The van der Waals surface area contributed by atoms with Crippen LogP contribution in [0.4, 0.5) is 0 Å². The minimum Gasteiger partial charge on any atom is -0.352 e. The van der Waals surface area contributed by atoms with Gasteiger partial charge in [0.1, 0.15) is 0 Å². The zero-order valence-corrected chi connectivity index (χ0v) is 18.2. The van der Waals surface area contributed by atoms with E-state index < -0.39 is 10.0 Å². The molecule has 0 bridgehead atoms.